The summed E-state index contributed by atoms with van der Waals surface area (Å²) >= 11 is 0. The maximum absolute atomic E-state index is 14.7. The molecule has 0 aliphatic heterocycles. The van der Waals surface area contributed by atoms with Gasteiger partial charge in [0.15, 0.2) is 11.6 Å². The van der Waals surface area contributed by atoms with Crippen molar-refractivity contribution < 1.29 is 9.13 Å². The minimum absolute atomic E-state index is 0.296. The van der Waals surface area contributed by atoms with E-state index in [4.69, 9.17) is 4.74 Å². The lowest BCUT2D eigenvalue weighted by Gasteiger charge is -2.12. The summed E-state index contributed by atoms with van der Waals surface area (Å²) in [7, 11) is 0. The van der Waals surface area contributed by atoms with Crippen LogP contribution in [0.1, 0.15) is 18.7 Å². The van der Waals surface area contributed by atoms with Gasteiger partial charge in [-0.3, -0.25) is 0 Å². The van der Waals surface area contributed by atoms with Crippen molar-refractivity contribution in [1.82, 2.24) is 15.0 Å². The number of hydrogen-bond donors (Lipinski definition) is 1. The van der Waals surface area contributed by atoms with Gasteiger partial charge in [-0.05, 0) is 43.9 Å². The molecule has 0 amide bonds. The van der Waals surface area contributed by atoms with Gasteiger partial charge in [0.25, 0.3) is 0 Å². The molecule has 0 atom stereocenters. The van der Waals surface area contributed by atoms with E-state index in [2.05, 4.69) is 20.3 Å². The Morgan fingerprint density at radius 1 is 1.12 bits per heavy atom. The van der Waals surface area contributed by atoms with Crippen molar-refractivity contribution in [3.8, 4) is 5.75 Å². The van der Waals surface area contributed by atoms with E-state index in [0.717, 1.165) is 0 Å². The van der Waals surface area contributed by atoms with Crippen LogP contribution in [0.15, 0.2) is 36.8 Å². The van der Waals surface area contributed by atoms with Gasteiger partial charge < -0.3 is 10.1 Å². The molecule has 1 saturated carbocycles. The van der Waals surface area contributed by atoms with Gasteiger partial charge in [0, 0.05) is 17.0 Å². The average molecular weight is 324 g/mol. The summed E-state index contributed by atoms with van der Waals surface area (Å²) in [4.78, 5) is 12.6. The Hall–Kier alpha value is -2.76. The number of benzene rings is 1. The lowest BCUT2D eigenvalue weighted by atomic mass is 10.1. The molecule has 0 spiro atoms. The molecule has 2 aromatic heterocycles. The van der Waals surface area contributed by atoms with Crippen LogP contribution in [0, 0.1) is 18.7 Å². The molecule has 24 heavy (non-hydrogen) atoms. The van der Waals surface area contributed by atoms with E-state index in [0.29, 0.717) is 46.4 Å². The molecular formula is C18H17FN4O. The largest absolute Gasteiger partial charge is 0.490 e. The number of fused-ring (bicyclic) bond motifs is 1. The molecular weight excluding hydrogens is 307 g/mol. The Labute approximate surface area is 138 Å². The Bertz CT molecular complexity index is 878. The van der Waals surface area contributed by atoms with Crippen molar-refractivity contribution in [3.63, 3.8) is 0 Å². The monoisotopic (exact) mass is 324 g/mol. The van der Waals surface area contributed by atoms with Crippen molar-refractivity contribution in [1.29, 1.82) is 0 Å². The molecule has 122 valence electrons. The van der Waals surface area contributed by atoms with Crippen LogP contribution < -0.4 is 10.1 Å². The maximum Gasteiger partial charge on any atom is 0.173 e. The summed E-state index contributed by atoms with van der Waals surface area (Å²) in [5.74, 6) is 1.78. The van der Waals surface area contributed by atoms with E-state index in [1.54, 1.807) is 30.7 Å². The van der Waals surface area contributed by atoms with E-state index in [1.807, 2.05) is 13.0 Å². The number of anilines is 2. The van der Waals surface area contributed by atoms with Gasteiger partial charge in [-0.25, -0.2) is 19.3 Å². The maximum atomic E-state index is 14.7. The first-order chi connectivity index (χ1) is 11.7. The second-order valence-electron chi connectivity index (χ2n) is 6.03. The van der Waals surface area contributed by atoms with Crippen LogP contribution in [0.25, 0.3) is 10.8 Å². The summed E-state index contributed by atoms with van der Waals surface area (Å²) in [6.45, 7) is 2.40. The van der Waals surface area contributed by atoms with Crippen LogP contribution in [0.4, 0.5) is 15.9 Å². The minimum atomic E-state index is -0.348. The molecule has 0 saturated heterocycles. The number of nitrogens with one attached hydrogen (secondary N) is 1. The van der Waals surface area contributed by atoms with Gasteiger partial charge in [-0.2, -0.15) is 0 Å². The highest BCUT2D eigenvalue weighted by Gasteiger charge is 2.23. The molecule has 1 fully saturated rings. The van der Waals surface area contributed by atoms with E-state index in [1.165, 1.54) is 12.8 Å². The summed E-state index contributed by atoms with van der Waals surface area (Å²) in [5.41, 5.74) is 0.704. The standard InChI is InChI=1S/C18H17FN4O/c1-11-21-8-13(9-22-11)23-18-15-4-5-16(24-10-12-2-3-12)17(19)14(15)6-7-20-18/h4-9,12H,2-3,10H2,1H3,(H,20,23). The van der Waals surface area contributed by atoms with Crippen molar-refractivity contribution >= 4 is 22.3 Å². The zero-order valence-corrected chi connectivity index (χ0v) is 13.3. The number of halogens is 1. The van der Waals surface area contributed by atoms with Crippen LogP contribution in [-0.2, 0) is 0 Å². The summed E-state index contributed by atoms with van der Waals surface area (Å²) in [5, 5.41) is 4.31. The van der Waals surface area contributed by atoms with Crippen LogP contribution in [0.2, 0.25) is 0 Å². The highest BCUT2D eigenvalue weighted by molar-refractivity contribution is 5.94. The number of aromatic nitrogens is 3. The molecule has 6 heteroatoms. The zero-order chi connectivity index (χ0) is 16.5. The van der Waals surface area contributed by atoms with Crippen LogP contribution in [0.3, 0.4) is 0 Å². The number of nitrogens with zero attached hydrogens (tertiary/aromatic N) is 3. The quantitative estimate of drug-likeness (QED) is 0.768. The third-order valence-corrected chi connectivity index (χ3v) is 4.06. The molecule has 0 unspecified atom stereocenters. The predicted octanol–water partition coefficient (Wildman–Crippen LogP) is 4.00. The minimum Gasteiger partial charge on any atom is -0.490 e. The highest BCUT2D eigenvalue weighted by Crippen LogP contribution is 2.33. The summed E-state index contributed by atoms with van der Waals surface area (Å²) in [6.07, 6.45) is 7.27. The second kappa shape index (κ2) is 6.03. The molecule has 1 aliphatic carbocycles. The third kappa shape index (κ3) is 2.99. The van der Waals surface area contributed by atoms with E-state index >= 15 is 0 Å². The Morgan fingerprint density at radius 3 is 2.67 bits per heavy atom. The molecule has 0 bridgehead atoms. The first-order valence-corrected chi connectivity index (χ1v) is 7.96. The van der Waals surface area contributed by atoms with E-state index in [-0.39, 0.29) is 5.82 Å². The molecule has 1 aliphatic rings. The third-order valence-electron chi connectivity index (χ3n) is 4.06. The Morgan fingerprint density at radius 2 is 1.92 bits per heavy atom. The van der Waals surface area contributed by atoms with Gasteiger partial charge in [-0.15, -0.1) is 0 Å². The lowest BCUT2D eigenvalue weighted by Crippen LogP contribution is -2.02. The fourth-order valence-electron chi connectivity index (χ4n) is 2.50. The van der Waals surface area contributed by atoms with E-state index < -0.39 is 0 Å². The molecule has 4 rings (SSSR count). The zero-order valence-electron chi connectivity index (χ0n) is 13.3. The number of ether oxygens (including phenoxy) is 1. The van der Waals surface area contributed by atoms with Crippen LogP contribution >= 0.6 is 0 Å². The molecule has 2 heterocycles. The normalized spacial score (nSPS) is 13.9. The van der Waals surface area contributed by atoms with Crippen molar-refractivity contribution in [2.24, 2.45) is 5.92 Å². The fourth-order valence-corrected chi connectivity index (χ4v) is 2.50. The summed E-state index contributed by atoms with van der Waals surface area (Å²) < 4.78 is 20.3. The Kier molecular flexibility index (Phi) is 3.72. The smallest absolute Gasteiger partial charge is 0.173 e. The van der Waals surface area contributed by atoms with Gasteiger partial charge in [0.05, 0.1) is 24.7 Å². The van der Waals surface area contributed by atoms with Crippen molar-refractivity contribution in [3.05, 3.63) is 48.4 Å². The van der Waals surface area contributed by atoms with Gasteiger partial charge >= 0.3 is 0 Å². The van der Waals surface area contributed by atoms with Gasteiger partial charge in [-0.1, -0.05) is 0 Å². The van der Waals surface area contributed by atoms with Crippen LogP contribution in [0.5, 0.6) is 5.75 Å². The first-order valence-electron chi connectivity index (χ1n) is 7.96. The number of hydrogen-bond acceptors (Lipinski definition) is 5. The average Bonchev–Trinajstić information content (AvgIpc) is 3.41. The molecule has 0 radical (unpaired) electrons. The summed E-state index contributed by atoms with van der Waals surface area (Å²) in [6, 6.07) is 5.15. The molecule has 1 N–H and O–H groups in total. The predicted molar refractivity (Wildman–Crippen MR) is 90.0 cm³/mol. The molecule has 3 aromatic rings. The number of pyridine rings is 1. The first kappa shape index (κ1) is 14.8. The van der Waals surface area contributed by atoms with Crippen molar-refractivity contribution in [2.75, 3.05) is 11.9 Å². The van der Waals surface area contributed by atoms with Crippen LogP contribution in [-0.4, -0.2) is 21.6 Å². The van der Waals surface area contributed by atoms with E-state index in [9.17, 15) is 4.39 Å². The van der Waals surface area contributed by atoms with Gasteiger partial charge in [0.1, 0.15) is 11.6 Å². The fraction of sp³-hybridized carbons (Fsp3) is 0.278. The number of rotatable bonds is 5. The lowest BCUT2D eigenvalue weighted by molar-refractivity contribution is 0.286. The second-order valence-corrected chi connectivity index (χ2v) is 6.03. The van der Waals surface area contributed by atoms with Gasteiger partial charge in [0.2, 0.25) is 0 Å². The molecule has 1 aromatic carbocycles. The van der Waals surface area contributed by atoms with Crippen molar-refractivity contribution in [2.45, 2.75) is 19.8 Å². The highest BCUT2D eigenvalue weighted by atomic mass is 19.1. The topological polar surface area (TPSA) is 59.9 Å². The molecule has 5 nitrogen and oxygen atoms in total. The number of aryl methyl sites for hydroxylation is 1. The SMILES string of the molecule is Cc1ncc(Nc2nccc3c(F)c(OCC4CC4)ccc23)cn1. The Balaban J connectivity index is 1.66.